The molecule has 2 aromatic rings. The zero-order valence-electron chi connectivity index (χ0n) is 15.5. The number of nitrogens with zero attached hydrogens (tertiary/aromatic N) is 4. The Morgan fingerprint density at radius 2 is 1.64 bits per heavy atom. The molecule has 1 N–H and O–H groups in total. The normalized spacial score (nSPS) is 15.1. The molecule has 0 atom stereocenters. The molecule has 3 rings (SSSR count). The summed E-state index contributed by atoms with van der Waals surface area (Å²) in [6.45, 7) is 4.43. The third-order valence-electron chi connectivity index (χ3n) is 4.62. The fourth-order valence-corrected chi connectivity index (χ4v) is 3.53. The summed E-state index contributed by atoms with van der Waals surface area (Å²) in [5, 5.41) is 3.86. The molecule has 28 heavy (non-hydrogen) atoms. The lowest BCUT2D eigenvalue weighted by molar-refractivity contribution is 0.329. The van der Waals surface area contributed by atoms with Gasteiger partial charge in [0.25, 0.3) is 0 Å². The van der Waals surface area contributed by atoms with Crippen molar-refractivity contribution in [3.8, 4) is 11.4 Å². The quantitative estimate of drug-likeness (QED) is 0.403. The topological polar surface area (TPSA) is 53.9 Å². The van der Waals surface area contributed by atoms with Gasteiger partial charge in [-0.25, -0.2) is 4.98 Å². The van der Waals surface area contributed by atoms with Gasteiger partial charge < -0.3 is 10.2 Å². The van der Waals surface area contributed by atoms with Crippen molar-refractivity contribution in [3.63, 3.8) is 0 Å². The summed E-state index contributed by atoms with van der Waals surface area (Å²) in [4.78, 5) is 15.6. The molecule has 0 radical (unpaired) electrons. The van der Waals surface area contributed by atoms with Crippen LogP contribution in [0.15, 0.2) is 24.3 Å². The first kappa shape index (κ1) is 21.8. The molecular weight excluding hydrogens is 440 g/mol. The van der Waals surface area contributed by atoms with E-state index in [1.54, 1.807) is 12.1 Å². The maximum absolute atomic E-state index is 6.00. The lowest BCUT2D eigenvalue weighted by Gasteiger charge is -2.14. The van der Waals surface area contributed by atoms with Crippen LogP contribution >= 0.6 is 46.4 Å². The van der Waals surface area contributed by atoms with Crippen molar-refractivity contribution in [1.29, 1.82) is 0 Å². The van der Waals surface area contributed by atoms with Gasteiger partial charge in [0, 0.05) is 17.1 Å². The fraction of sp³-hybridized carbons (Fsp3) is 0.526. The first-order valence-electron chi connectivity index (χ1n) is 9.47. The van der Waals surface area contributed by atoms with Crippen LogP contribution in [-0.2, 0) is 3.79 Å². The molecule has 5 nitrogen and oxygen atoms in total. The Morgan fingerprint density at radius 3 is 2.32 bits per heavy atom. The predicted octanol–water partition coefficient (Wildman–Crippen LogP) is 5.70. The molecule has 0 bridgehead atoms. The second-order valence-electron chi connectivity index (χ2n) is 6.85. The van der Waals surface area contributed by atoms with Crippen molar-refractivity contribution in [2.45, 2.75) is 35.9 Å². The van der Waals surface area contributed by atoms with Crippen LogP contribution in [-0.4, -0.2) is 46.0 Å². The molecule has 1 fully saturated rings. The number of likely N-dealkylation sites (tertiary alicyclic amines) is 1. The Bertz CT molecular complexity index is 758. The maximum Gasteiger partial charge on any atom is 0.250 e. The molecule has 152 valence electrons. The molecular formula is C19H23Cl4N5. The molecule has 1 aliphatic rings. The van der Waals surface area contributed by atoms with Gasteiger partial charge in [0.2, 0.25) is 9.74 Å². The van der Waals surface area contributed by atoms with Crippen LogP contribution in [0.2, 0.25) is 5.02 Å². The highest BCUT2D eigenvalue weighted by Crippen LogP contribution is 2.36. The number of hydrogen-bond acceptors (Lipinski definition) is 5. The van der Waals surface area contributed by atoms with E-state index >= 15 is 0 Å². The molecule has 1 saturated heterocycles. The first-order chi connectivity index (χ1) is 13.4. The van der Waals surface area contributed by atoms with Crippen LogP contribution in [0.25, 0.3) is 11.4 Å². The van der Waals surface area contributed by atoms with Crippen molar-refractivity contribution < 1.29 is 0 Å². The molecule has 9 heteroatoms. The summed E-state index contributed by atoms with van der Waals surface area (Å²) in [6.07, 6.45) is 6.05. The Labute approximate surface area is 185 Å². The van der Waals surface area contributed by atoms with Gasteiger partial charge in [-0.05, 0) is 69.6 Å². The van der Waals surface area contributed by atoms with Crippen LogP contribution in [0.1, 0.15) is 37.9 Å². The SMILES string of the molecule is Clc1ccc(-c2nc(NCCCCCN3CCCC3)nc(C(Cl)(Cl)Cl)n2)cc1. The van der Waals surface area contributed by atoms with Gasteiger partial charge in [-0.2, -0.15) is 9.97 Å². The minimum absolute atomic E-state index is 0.0917. The number of halogens is 4. The van der Waals surface area contributed by atoms with Gasteiger partial charge in [0.15, 0.2) is 11.6 Å². The molecule has 0 spiro atoms. The van der Waals surface area contributed by atoms with Gasteiger partial charge in [-0.15, -0.1) is 0 Å². The van der Waals surface area contributed by atoms with Crippen LogP contribution in [0.5, 0.6) is 0 Å². The summed E-state index contributed by atoms with van der Waals surface area (Å²) in [6, 6.07) is 7.18. The van der Waals surface area contributed by atoms with E-state index in [9.17, 15) is 0 Å². The average Bonchev–Trinajstić information content (AvgIpc) is 3.18. The van der Waals surface area contributed by atoms with Crippen molar-refractivity contribution in [1.82, 2.24) is 19.9 Å². The number of hydrogen-bond donors (Lipinski definition) is 1. The van der Waals surface area contributed by atoms with E-state index in [1.165, 1.54) is 38.9 Å². The highest BCUT2D eigenvalue weighted by atomic mass is 35.6. The average molecular weight is 463 g/mol. The van der Waals surface area contributed by atoms with Crippen molar-refractivity contribution in [2.24, 2.45) is 0 Å². The Morgan fingerprint density at radius 1 is 0.929 bits per heavy atom. The summed E-state index contributed by atoms with van der Waals surface area (Å²) in [7, 11) is 0. The van der Waals surface area contributed by atoms with Gasteiger partial charge in [0.05, 0.1) is 0 Å². The van der Waals surface area contributed by atoms with Gasteiger partial charge in [-0.1, -0.05) is 52.8 Å². The lowest BCUT2D eigenvalue weighted by atomic mass is 10.2. The zero-order chi connectivity index (χ0) is 20.0. The smallest absolute Gasteiger partial charge is 0.250 e. The number of unbranched alkanes of at least 4 members (excludes halogenated alkanes) is 2. The van der Waals surface area contributed by atoms with Crippen LogP contribution in [0, 0.1) is 0 Å². The van der Waals surface area contributed by atoms with Crippen LogP contribution < -0.4 is 5.32 Å². The van der Waals surface area contributed by atoms with E-state index in [2.05, 4.69) is 25.2 Å². The number of anilines is 1. The second kappa shape index (κ2) is 10.3. The Balaban J connectivity index is 1.59. The van der Waals surface area contributed by atoms with Gasteiger partial charge >= 0.3 is 0 Å². The molecule has 1 aliphatic heterocycles. The standard InChI is InChI=1S/C19H23Cl4N5/c20-15-8-6-14(7-9-15)16-25-17(19(21,22)23)27-18(26-16)24-10-2-1-3-11-28-12-4-5-13-28/h6-9H,1-5,10-13H2,(H,24,25,26,27). The second-order valence-corrected chi connectivity index (χ2v) is 9.56. The first-order valence-corrected chi connectivity index (χ1v) is 11.0. The molecule has 0 amide bonds. The van der Waals surface area contributed by atoms with E-state index in [1.807, 2.05) is 12.1 Å². The Hall–Kier alpha value is -0.850. The van der Waals surface area contributed by atoms with E-state index < -0.39 is 3.79 Å². The molecule has 1 aromatic carbocycles. The largest absolute Gasteiger partial charge is 0.354 e. The lowest BCUT2D eigenvalue weighted by Crippen LogP contribution is -2.20. The molecule has 0 saturated carbocycles. The van der Waals surface area contributed by atoms with Crippen molar-refractivity contribution in [2.75, 3.05) is 31.5 Å². The van der Waals surface area contributed by atoms with Gasteiger partial charge in [-0.3, -0.25) is 0 Å². The molecule has 2 heterocycles. The minimum atomic E-state index is -1.73. The molecule has 0 aliphatic carbocycles. The maximum atomic E-state index is 6.00. The fourth-order valence-electron chi connectivity index (χ4n) is 3.15. The van der Waals surface area contributed by atoms with Crippen molar-refractivity contribution >= 4 is 52.4 Å². The predicted molar refractivity (Wildman–Crippen MR) is 118 cm³/mol. The van der Waals surface area contributed by atoms with Crippen LogP contribution in [0.3, 0.4) is 0 Å². The van der Waals surface area contributed by atoms with Crippen LogP contribution in [0.4, 0.5) is 5.95 Å². The minimum Gasteiger partial charge on any atom is -0.354 e. The van der Waals surface area contributed by atoms with E-state index in [4.69, 9.17) is 46.4 Å². The number of rotatable bonds is 8. The monoisotopic (exact) mass is 461 g/mol. The van der Waals surface area contributed by atoms with E-state index in [-0.39, 0.29) is 5.82 Å². The third-order valence-corrected chi connectivity index (χ3v) is 5.38. The summed E-state index contributed by atoms with van der Waals surface area (Å²) < 4.78 is -1.73. The summed E-state index contributed by atoms with van der Waals surface area (Å²) in [5.41, 5.74) is 0.774. The highest BCUT2D eigenvalue weighted by molar-refractivity contribution is 6.66. The number of benzene rings is 1. The number of alkyl halides is 3. The Kier molecular flexibility index (Phi) is 8.01. The summed E-state index contributed by atoms with van der Waals surface area (Å²) in [5.74, 6) is 0.930. The van der Waals surface area contributed by atoms with Gasteiger partial charge in [0.1, 0.15) is 0 Å². The summed E-state index contributed by atoms with van der Waals surface area (Å²) >= 11 is 24.0. The third kappa shape index (κ3) is 6.60. The zero-order valence-corrected chi connectivity index (χ0v) is 18.5. The molecule has 1 aromatic heterocycles. The molecule has 0 unspecified atom stereocenters. The van der Waals surface area contributed by atoms with E-state index in [0.29, 0.717) is 16.8 Å². The number of aromatic nitrogens is 3. The highest BCUT2D eigenvalue weighted by Gasteiger charge is 2.28. The van der Waals surface area contributed by atoms with Crippen molar-refractivity contribution in [3.05, 3.63) is 35.1 Å². The van der Waals surface area contributed by atoms with E-state index in [0.717, 1.165) is 24.9 Å². The number of nitrogens with one attached hydrogen (secondary N) is 1.